The van der Waals surface area contributed by atoms with Gasteiger partial charge in [-0.25, -0.2) is 4.39 Å². The monoisotopic (exact) mass is 369 g/mol. The largest absolute Gasteiger partial charge is 0.356 e. The van der Waals surface area contributed by atoms with E-state index in [4.69, 9.17) is 0 Å². The van der Waals surface area contributed by atoms with Gasteiger partial charge in [-0.05, 0) is 54.7 Å². The van der Waals surface area contributed by atoms with Gasteiger partial charge in [0, 0.05) is 32.5 Å². The predicted molar refractivity (Wildman–Crippen MR) is 100 cm³/mol. The molecule has 142 valence electrons. The van der Waals surface area contributed by atoms with Gasteiger partial charge in [-0.1, -0.05) is 12.1 Å². The number of nitrogens with one attached hydrogen (secondary N) is 1. The molecule has 5 nitrogen and oxygen atoms in total. The summed E-state index contributed by atoms with van der Waals surface area (Å²) in [6.07, 6.45) is 5.50. The Hall–Kier alpha value is -2.76. The molecule has 0 saturated heterocycles. The Balaban J connectivity index is 1.38. The van der Waals surface area contributed by atoms with Crippen LogP contribution in [0.3, 0.4) is 0 Å². The zero-order valence-electron chi connectivity index (χ0n) is 15.4. The first-order chi connectivity index (χ1) is 13.0. The van der Waals surface area contributed by atoms with Crippen molar-refractivity contribution in [3.63, 3.8) is 0 Å². The van der Waals surface area contributed by atoms with Crippen molar-refractivity contribution >= 4 is 11.8 Å². The Morgan fingerprint density at radius 3 is 2.44 bits per heavy atom. The lowest BCUT2D eigenvalue weighted by molar-refractivity contribution is -0.133. The maximum Gasteiger partial charge on any atom is 0.226 e. The maximum atomic E-state index is 12.9. The molecule has 1 saturated carbocycles. The fraction of sp³-hybridized carbons (Fsp3) is 0.381. The van der Waals surface area contributed by atoms with Crippen molar-refractivity contribution < 1.29 is 14.0 Å². The molecule has 6 heteroatoms. The van der Waals surface area contributed by atoms with Crippen LogP contribution in [0.2, 0.25) is 0 Å². The fourth-order valence-corrected chi connectivity index (χ4v) is 3.11. The summed E-state index contributed by atoms with van der Waals surface area (Å²) in [5.74, 6) is -0.747. The fourth-order valence-electron chi connectivity index (χ4n) is 3.11. The Bertz CT molecular complexity index is 780. The number of amides is 2. The first kappa shape index (κ1) is 19.0. The molecule has 0 bridgehead atoms. The molecule has 0 spiro atoms. The topological polar surface area (TPSA) is 62.3 Å². The molecule has 3 rings (SSSR count). The number of aromatic nitrogens is 1. The number of hydrogen-bond acceptors (Lipinski definition) is 3. The predicted octanol–water partition coefficient (Wildman–Crippen LogP) is 2.22. The number of rotatable bonds is 8. The molecule has 1 fully saturated rings. The van der Waals surface area contributed by atoms with Crippen LogP contribution in [0.15, 0.2) is 48.8 Å². The molecule has 0 radical (unpaired) electrons. The first-order valence-corrected chi connectivity index (χ1v) is 9.20. The van der Waals surface area contributed by atoms with Crippen molar-refractivity contribution in [2.45, 2.75) is 19.3 Å². The summed E-state index contributed by atoms with van der Waals surface area (Å²) in [6.45, 7) is 1.11. The lowest BCUT2D eigenvalue weighted by Gasteiger charge is -2.17. The van der Waals surface area contributed by atoms with Crippen LogP contribution in [-0.4, -0.2) is 41.8 Å². The van der Waals surface area contributed by atoms with Crippen LogP contribution >= 0.6 is 0 Å². The summed E-state index contributed by atoms with van der Waals surface area (Å²) < 4.78 is 12.9. The Morgan fingerprint density at radius 1 is 1.07 bits per heavy atom. The molecule has 27 heavy (non-hydrogen) atoms. The van der Waals surface area contributed by atoms with Gasteiger partial charge in [0.1, 0.15) is 5.82 Å². The SMILES string of the molecule is CN(CCc1ccncc1)C(=O)C1CC1C(=O)NCCc1ccc(F)cc1. The van der Waals surface area contributed by atoms with Gasteiger partial charge in [0.15, 0.2) is 0 Å². The molecule has 1 N–H and O–H groups in total. The minimum atomic E-state index is -0.268. The van der Waals surface area contributed by atoms with Gasteiger partial charge in [-0.3, -0.25) is 14.6 Å². The zero-order valence-corrected chi connectivity index (χ0v) is 15.4. The Labute approximate surface area is 158 Å². The van der Waals surface area contributed by atoms with Gasteiger partial charge in [0.25, 0.3) is 0 Å². The number of pyridine rings is 1. The second-order valence-corrected chi connectivity index (χ2v) is 6.98. The highest BCUT2D eigenvalue weighted by Crippen LogP contribution is 2.39. The van der Waals surface area contributed by atoms with Crippen molar-refractivity contribution in [1.82, 2.24) is 15.2 Å². The molecular weight excluding hydrogens is 345 g/mol. The molecule has 1 aromatic carbocycles. The summed E-state index contributed by atoms with van der Waals surface area (Å²) >= 11 is 0. The average molecular weight is 369 g/mol. The lowest BCUT2D eigenvalue weighted by atomic mass is 10.1. The third-order valence-corrected chi connectivity index (χ3v) is 4.93. The second kappa shape index (κ2) is 8.75. The van der Waals surface area contributed by atoms with Crippen LogP contribution < -0.4 is 5.32 Å². The first-order valence-electron chi connectivity index (χ1n) is 9.20. The van der Waals surface area contributed by atoms with E-state index in [1.165, 1.54) is 12.1 Å². The number of carbonyl (C=O) groups is 2. The Morgan fingerprint density at radius 2 is 1.74 bits per heavy atom. The normalized spacial score (nSPS) is 18.0. The van der Waals surface area contributed by atoms with E-state index in [0.717, 1.165) is 17.5 Å². The van der Waals surface area contributed by atoms with Crippen LogP contribution in [0.5, 0.6) is 0 Å². The van der Waals surface area contributed by atoms with Crippen molar-refractivity contribution in [2.24, 2.45) is 11.8 Å². The van der Waals surface area contributed by atoms with E-state index in [0.29, 0.717) is 25.9 Å². The highest BCUT2D eigenvalue weighted by Gasteiger charge is 2.48. The third-order valence-electron chi connectivity index (χ3n) is 4.93. The highest BCUT2D eigenvalue weighted by atomic mass is 19.1. The molecule has 1 heterocycles. The van der Waals surface area contributed by atoms with Crippen molar-refractivity contribution in [3.05, 3.63) is 65.7 Å². The van der Waals surface area contributed by atoms with Crippen LogP contribution in [0.25, 0.3) is 0 Å². The van der Waals surface area contributed by atoms with E-state index in [1.807, 2.05) is 12.1 Å². The van der Waals surface area contributed by atoms with E-state index in [9.17, 15) is 14.0 Å². The number of hydrogen-bond donors (Lipinski definition) is 1. The molecule has 0 aliphatic heterocycles. The summed E-state index contributed by atoms with van der Waals surface area (Å²) in [7, 11) is 1.78. The van der Waals surface area contributed by atoms with Gasteiger partial charge < -0.3 is 10.2 Å². The average Bonchev–Trinajstić information content (AvgIpc) is 3.49. The number of nitrogens with zero attached hydrogens (tertiary/aromatic N) is 2. The number of halogens is 1. The molecule has 1 aliphatic carbocycles. The second-order valence-electron chi connectivity index (χ2n) is 6.98. The van der Waals surface area contributed by atoms with Gasteiger partial charge in [0.2, 0.25) is 11.8 Å². The maximum absolute atomic E-state index is 12.9. The van der Waals surface area contributed by atoms with E-state index in [-0.39, 0.29) is 29.5 Å². The van der Waals surface area contributed by atoms with Gasteiger partial charge in [-0.15, -0.1) is 0 Å². The van der Waals surface area contributed by atoms with E-state index in [2.05, 4.69) is 10.3 Å². The minimum absolute atomic E-state index is 0.0303. The molecule has 2 unspecified atom stereocenters. The summed E-state index contributed by atoms with van der Waals surface area (Å²) in [5.41, 5.74) is 2.10. The van der Waals surface area contributed by atoms with E-state index >= 15 is 0 Å². The molecule has 2 aromatic rings. The van der Waals surface area contributed by atoms with Crippen LogP contribution in [-0.2, 0) is 22.4 Å². The van der Waals surface area contributed by atoms with Gasteiger partial charge in [-0.2, -0.15) is 0 Å². The number of benzene rings is 1. The molecule has 2 atom stereocenters. The molecule has 1 aliphatic rings. The van der Waals surface area contributed by atoms with Crippen molar-refractivity contribution in [1.29, 1.82) is 0 Å². The van der Waals surface area contributed by atoms with E-state index < -0.39 is 0 Å². The molecule has 2 amide bonds. The van der Waals surface area contributed by atoms with Crippen molar-refractivity contribution in [2.75, 3.05) is 20.1 Å². The molecule has 1 aromatic heterocycles. The summed E-state index contributed by atoms with van der Waals surface area (Å²) in [5, 5.41) is 2.88. The smallest absolute Gasteiger partial charge is 0.226 e. The van der Waals surface area contributed by atoms with Gasteiger partial charge in [0.05, 0.1) is 11.8 Å². The van der Waals surface area contributed by atoms with Crippen molar-refractivity contribution in [3.8, 4) is 0 Å². The van der Waals surface area contributed by atoms with Crippen LogP contribution in [0.4, 0.5) is 4.39 Å². The quantitative estimate of drug-likeness (QED) is 0.776. The third kappa shape index (κ3) is 5.36. The number of likely N-dealkylation sites (N-methyl/N-ethyl adjacent to an activating group) is 1. The standard InChI is InChI=1S/C21H24FN3O2/c1-25(13-9-16-6-10-23-11-7-16)21(27)19-14-18(19)20(26)24-12-8-15-2-4-17(22)5-3-15/h2-7,10-11,18-19H,8-9,12-14H2,1H3,(H,24,26). The van der Waals surface area contributed by atoms with Crippen LogP contribution in [0, 0.1) is 17.7 Å². The Kier molecular flexibility index (Phi) is 6.16. The summed E-state index contributed by atoms with van der Waals surface area (Å²) in [6, 6.07) is 10.1. The summed E-state index contributed by atoms with van der Waals surface area (Å²) in [4.78, 5) is 30.4. The minimum Gasteiger partial charge on any atom is -0.356 e. The van der Waals surface area contributed by atoms with Crippen LogP contribution in [0.1, 0.15) is 17.5 Å². The van der Waals surface area contributed by atoms with E-state index in [1.54, 1.807) is 36.5 Å². The lowest BCUT2D eigenvalue weighted by Crippen LogP contribution is -2.33. The number of carbonyl (C=O) groups excluding carboxylic acids is 2. The van der Waals surface area contributed by atoms with Gasteiger partial charge >= 0.3 is 0 Å². The highest BCUT2D eigenvalue weighted by molar-refractivity contribution is 5.92. The molecular formula is C21H24FN3O2. The zero-order chi connectivity index (χ0) is 19.2.